The van der Waals surface area contributed by atoms with Crippen LogP contribution in [0.5, 0.6) is 0 Å². The molecule has 2 heteroatoms. The predicted molar refractivity (Wildman–Crippen MR) is 38.4 cm³/mol. The first kappa shape index (κ1) is 7.32. The van der Waals surface area contributed by atoms with Crippen LogP contribution in [0, 0.1) is 11.8 Å². The van der Waals surface area contributed by atoms with Gasteiger partial charge in [-0.2, -0.15) is 0 Å². The summed E-state index contributed by atoms with van der Waals surface area (Å²) < 4.78 is 4.83. The lowest BCUT2D eigenvalue weighted by atomic mass is 9.95. The summed E-state index contributed by atoms with van der Waals surface area (Å²) in [4.78, 5) is 10.5. The van der Waals surface area contributed by atoms with E-state index in [1.54, 1.807) is 0 Å². The molecule has 0 saturated heterocycles. The minimum Gasteiger partial charge on any atom is -0.462 e. The van der Waals surface area contributed by atoms with E-state index < -0.39 is 0 Å². The standard InChI is InChI=1S/C8H12O2/c1-6(2)7-3-4-8(9)10-5-7/h3-4,6-7H,5H2,1-2H3. The summed E-state index contributed by atoms with van der Waals surface area (Å²) in [6.45, 7) is 4.79. The van der Waals surface area contributed by atoms with Gasteiger partial charge in [-0.15, -0.1) is 0 Å². The Morgan fingerprint density at radius 3 is 2.80 bits per heavy atom. The number of hydrogen-bond donors (Lipinski definition) is 0. The van der Waals surface area contributed by atoms with Crippen molar-refractivity contribution < 1.29 is 9.53 Å². The fourth-order valence-corrected chi connectivity index (χ4v) is 0.899. The van der Waals surface area contributed by atoms with Crippen molar-refractivity contribution in [2.45, 2.75) is 13.8 Å². The Labute approximate surface area is 60.9 Å². The summed E-state index contributed by atoms with van der Waals surface area (Å²) in [6.07, 6.45) is 3.44. The molecule has 1 aliphatic rings. The second-order valence-corrected chi connectivity index (χ2v) is 2.90. The van der Waals surface area contributed by atoms with Crippen LogP contribution in [0.3, 0.4) is 0 Å². The minimum atomic E-state index is -0.211. The molecule has 0 aliphatic carbocycles. The Kier molecular flexibility index (Phi) is 2.10. The van der Waals surface area contributed by atoms with Crippen molar-refractivity contribution in [2.75, 3.05) is 6.61 Å². The zero-order valence-electron chi connectivity index (χ0n) is 6.33. The van der Waals surface area contributed by atoms with Crippen molar-refractivity contribution in [3.63, 3.8) is 0 Å². The third-order valence-electron chi connectivity index (χ3n) is 1.75. The van der Waals surface area contributed by atoms with Crippen LogP contribution < -0.4 is 0 Å². The molecule has 1 heterocycles. The number of rotatable bonds is 1. The topological polar surface area (TPSA) is 26.3 Å². The van der Waals surface area contributed by atoms with Gasteiger partial charge in [-0.05, 0) is 5.92 Å². The number of esters is 1. The maximum Gasteiger partial charge on any atom is 0.330 e. The highest BCUT2D eigenvalue weighted by Gasteiger charge is 2.16. The quantitative estimate of drug-likeness (QED) is 0.514. The van der Waals surface area contributed by atoms with E-state index in [9.17, 15) is 4.79 Å². The van der Waals surface area contributed by atoms with Crippen LogP contribution in [0.4, 0.5) is 0 Å². The summed E-state index contributed by atoms with van der Waals surface area (Å²) >= 11 is 0. The number of ether oxygens (including phenoxy) is 1. The van der Waals surface area contributed by atoms with Gasteiger partial charge in [0.2, 0.25) is 0 Å². The molecule has 0 N–H and O–H groups in total. The second kappa shape index (κ2) is 2.86. The molecule has 0 spiro atoms. The zero-order chi connectivity index (χ0) is 7.56. The highest BCUT2D eigenvalue weighted by molar-refractivity contribution is 5.82. The molecule has 0 amide bonds. The summed E-state index contributed by atoms with van der Waals surface area (Å²) in [7, 11) is 0. The van der Waals surface area contributed by atoms with E-state index >= 15 is 0 Å². The molecule has 56 valence electrons. The Balaban J connectivity index is 2.53. The number of carbonyl (C=O) groups is 1. The van der Waals surface area contributed by atoms with Crippen LogP contribution >= 0.6 is 0 Å². The number of cyclic esters (lactones) is 1. The van der Waals surface area contributed by atoms with Gasteiger partial charge in [-0.25, -0.2) is 4.79 Å². The van der Waals surface area contributed by atoms with E-state index in [-0.39, 0.29) is 5.97 Å². The van der Waals surface area contributed by atoms with Crippen LogP contribution in [0.2, 0.25) is 0 Å². The fourth-order valence-electron chi connectivity index (χ4n) is 0.899. The van der Waals surface area contributed by atoms with E-state index in [0.717, 1.165) is 0 Å². The van der Waals surface area contributed by atoms with Gasteiger partial charge in [-0.1, -0.05) is 19.9 Å². The SMILES string of the molecule is CC(C)C1C=CC(=O)OC1. The first-order valence-corrected chi connectivity index (χ1v) is 3.55. The molecule has 0 aromatic carbocycles. The van der Waals surface area contributed by atoms with Crippen molar-refractivity contribution in [3.8, 4) is 0 Å². The van der Waals surface area contributed by atoms with Gasteiger partial charge in [0.05, 0.1) is 6.61 Å². The maximum absolute atomic E-state index is 10.5. The highest BCUT2D eigenvalue weighted by atomic mass is 16.5. The molecular weight excluding hydrogens is 128 g/mol. The van der Waals surface area contributed by atoms with Crippen LogP contribution in [-0.4, -0.2) is 12.6 Å². The van der Waals surface area contributed by atoms with Crippen LogP contribution in [-0.2, 0) is 9.53 Å². The van der Waals surface area contributed by atoms with Crippen LogP contribution in [0.25, 0.3) is 0 Å². The molecule has 1 rings (SSSR count). The summed E-state index contributed by atoms with van der Waals surface area (Å²) in [5.74, 6) is 0.763. The van der Waals surface area contributed by atoms with Gasteiger partial charge in [0.15, 0.2) is 0 Å². The fraction of sp³-hybridized carbons (Fsp3) is 0.625. The lowest BCUT2D eigenvalue weighted by Crippen LogP contribution is -2.20. The van der Waals surface area contributed by atoms with Gasteiger partial charge in [-0.3, -0.25) is 0 Å². The molecule has 0 aromatic rings. The molecule has 10 heavy (non-hydrogen) atoms. The van der Waals surface area contributed by atoms with E-state index in [0.29, 0.717) is 18.4 Å². The van der Waals surface area contributed by atoms with Gasteiger partial charge < -0.3 is 4.74 Å². The van der Waals surface area contributed by atoms with E-state index in [1.165, 1.54) is 6.08 Å². The van der Waals surface area contributed by atoms with Gasteiger partial charge >= 0.3 is 5.97 Å². The van der Waals surface area contributed by atoms with Crippen molar-refractivity contribution in [3.05, 3.63) is 12.2 Å². The van der Waals surface area contributed by atoms with Crippen molar-refractivity contribution >= 4 is 5.97 Å². The second-order valence-electron chi connectivity index (χ2n) is 2.90. The van der Waals surface area contributed by atoms with Crippen molar-refractivity contribution in [1.29, 1.82) is 0 Å². The smallest absolute Gasteiger partial charge is 0.330 e. The molecule has 0 aromatic heterocycles. The molecule has 0 fully saturated rings. The third-order valence-corrected chi connectivity index (χ3v) is 1.75. The average Bonchev–Trinajstić information content (AvgIpc) is 1.88. The number of carbonyl (C=O) groups excluding carboxylic acids is 1. The number of hydrogen-bond acceptors (Lipinski definition) is 2. The molecular formula is C8H12O2. The van der Waals surface area contributed by atoms with Crippen molar-refractivity contribution in [1.82, 2.24) is 0 Å². The Morgan fingerprint density at radius 2 is 2.40 bits per heavy atom. The first-order valence-electron chi connectivity index (χ1n) is 3.55. The lowest BCUT2D eigenvalue weighted by molar-refractivity contribution is -0.140. The average molecular weight is 140 g/mol. The third kappa shape index (κ3) is 1.59. The molecule has 1 atom stereocenters. The molecule has 1 aliphatic heterocycles. The predicted octanol–water partition coefficient (Wildman–Crippen LogP) is 1.37. The molecule has 1 unspecified atom stereocenters. The van der Waals surface area contributed by atoms with E-state index in [1.807, 2.05) is 6.08 Å². The van der Waals surface area contributed by atoms with E-state index in [2.05, 4.69) is 13.8 Å². The summed E-state index contributed by atoms with van der Waals surface area (Å²) in [5, 5.41) is 0. The normalized spacial score (nSPS) is 25.1. The molecule has 0 saturated carbocycles. The summed E-state index contributed by atoms with van der Waals surface area (Å²) in [5.41, 5.74) is 0. The lowest BCUT2D eigenvalue weighted by Gasteiger charge is -2.19. The van der Waals surface area contributed by atoms with Gasteiger partial charge in [0.25, 0.3) is 0 Å². The van der Waals surface area contributed by atoms with Gasteiger partial charge in [0, 0.05) is 12.0 Å². The maximum atomic E-state index is 10.5. The van der Waals surface area contributed by atoms with Gasteiger partial charge in [0.1, 0.15) is 0 Å². The molecule has 2 nitrogen and oxygen atoms in total. The zero-order valence-corrected chi connectivity index (χ0v) is 6.33. The Hall–Kier alpha value is -0.790. The largest absolute Gasteiger partial charge is 0.462 e. The Morgan fingerprint density at radius 1 is 1.70 bits per heavy atom. The molecule has 0 radical (unpaired) electrons. The van der Waals surface area contributed by atoms with Crippen LogP contribution in [0.1, 0.15) is 13.8 Å². The summed E-state index contributed by atoms with van der Waals surface area (Å²) in [6, 6.07) is 0. The van der Waals surface area contributed by atoms with Crippen molar-refractivity contribution in [2.24, 2.45) is 11.8 Å². The Bertz CT molecular complexity index is 159. The monoisotopic (exact) mass is 140 g/mol. The van der Waals surface area contributed by atoms with Crippen LogP contribution in [0.15, 0.2) is 12.2 Å². The highest BCUT2D eigenvalue weighted by Crippen LogP contribution is 2.15. The minimum absolute atomic E-state index is 0.211. The first-order chi connectivity index (χ1) is 4.70. The molecule has 0 bridgehead atoms. The van der Waals surface area contributed by atoms with E-state index in [4.69, 9.17) is 4.74 Å².